The first kappa shape index (κ1) is 15.9. The lowest BCUT2D eigenvalue weighted by molar-refractivity contribution is -0.117. The molecule has 0 saturated carbocycles. The SMILES string of the molecule is CC(C)CC(CNC1C(=O)Nc2cc(F)ccc21)N(C)C. The zero-order valence-corrected chi connectivity index (χ0v) is 13.1. The number of nitrogens with one attached hydrogen (secondary N) is 2. The van der Waals surface area contributed by atoms with Gasteiger partial charge in [0.05, 0.1) is 0 Å². The molecule has 2 unspecified atom stereocenters. The molecule has 0 aromatic heterocycles. The Kier molecular flexibility index (Phi) is 4.96. The van der Waals surface area contributed by atoms with Gasteiger partial charge in [-0.3, -0.25) is 4.79 Å². The van der Waals surface area contributed by atoms with Crippen LogP contribution in [0.3, 0.4) is 0 Å². The molecule has 0 bridgehead atoms. The lowest BCUT2D eigenvalue weighted by atomic mass is 10.0. The van der Waals surface area contributed by atoms with Crippen LogP contribution in [-0.2, 0) is 4.79 Å². The largest absolute Gasteiger partial charge is 0.324 e. The monoisotopic (exact) mass is 293 g/mol. The van der Waals surface area contributed by atoms with E-state index in [1.165, 1.54) is 12.1 Å². The second-order valence-corrected chi connectivity index (χ2v) is 6.31. The molecule has 0 radical (unpaired) electrons. The van der Waals surface area contributed by atoms with Gasteiger partial charge in [-0.1, -0.05) is 19.9 Å². The number of fused-ring (bicyclic) bond motifs is 1. The third-order valence-electron chi connectivity index (χ3n) is 3.88. The van der Waals surface area contributed by atoms with Crippen LogP contribution in [0.1, 0.15) is 31.9 Å². The fraction of sp³-hybridized carbons (Fsp3) is 0.562. The van der Waals surface area contributed by atoms with E-state index < -0.39 is 6.04 Å². The molecule has 2 atom stereocenters. The van der Waals surface area contributed by atoms with Gasteiger partial charge in [-0.15, -0.1) is 0 Å². The molecule has 1 aliphatic rings. The van der Waals surface area contributed by atoms with E-state index in [-0.39, 0.29) is 11.7 Å². The molecule has 0 saturated heterocycles. The van der Waals surface area contributed by atoms with Gasteiger partial charge in [-0.2, -0.15) is 0 Å². The van der Waals surface area contributed by atoms with Crippen molar-refractivity contribution in [3.8, 4) is 0 Å². The van der Waals surface area contributed by atoms with Gasteiger partial charge in [-0.05, 0) is 38.6 Å². The summed E-state index contributed by atoms with van der Waals surface area (Å²) in [7, 11) is 4.10. The molecule has 2 rings (SSSR count). The molecule has 5 heteroatoms. The van der Waals surface area contributed by atoms with Crippen molar-refractivity contribution in [2.75, 3.05) is 26.0 Å². The minimum absolute atomic E-state index is 0.113. The number of hydrogen-bond acceptors (Lipinski definition) is 3. The highest BCUT2D eigenvalue weighted by Gasteiger charge is 2.31. The van der Waals surface area contributed by atoms with E-state index in [4.69, 9.17) is 0 Å². The molecule has 1 aliphatic heterocycles. The van der Waals surface area contributed by atoms with Crippen LogP contribution in [0.5, 0.6) is 0 Å². The number of halogens is 1. The van der Waals surface area contributed by atoms with Crippen LogP contribution in [0.25, 0.3) is 0 Å². The maximum Gasteiger partial charge on any atom is 0.246 e. The quantitative estimate of drug-likeness (QED) is 0.846. The molecule has 1 heterocycles. The molecule has 1 aromatic carbocycles. The van der Waals surface area contributed by atoms with E-state index in [1.807, 2.05) is 14.1 Å². The Bertz CT molecular complexity index is 516. The number of nitrogens with zero attached hydrogens (tertiary/aromatic N) is 1. The third-order valence-corrected chi connectivity index (χ3v) is 3.88. The standard InChI is InChI=1S/C16H24FN3O/c1-10(2)7-12(20(3)4)9-18-15-13-6-5-11(17)8-14(13)19-16(15)21/h5-6,8,10,12,15,18H,7,9H2,1-4H3,(H,19,21). The van der Waals surface area contributed by atoms with Crippen LogP contribution in [0.15, 0.2) is 18.2 Å². The van der Waals surface area contributed by atoms with Crippen LogP contribution >= 0.6 is 0 Å². The lowest BCUT2D eigenvalue weighted by Gasteiger charge is -2.27. The third kappa shape index (κ3) is 3.80. The molecular formula is C16H24FN3O. The Morgan fingerprint density at radius 3 is 2.71 bits per heavy atom. The topological polar surface area (TPSA) is 44.4 Å². The Hall–Kier alpha value is -1.46. The molecule has 1 amide bonds. The second kappa shape index (κ2) is 6.54. The zero-order valence-electron chi connectivity index (χ0n) is 13.1. The second-order valence-electron chi connectivity index (χ2n) is 6.31. The highest BCUT2D eigenvalue weighted by Crippen LogP contribution is 2.31. The van der Waals surface area contributed by atoms with E-state index >= 15 is 0 Å². The predicted molar refractivity (Wildman–Crippen MR) is 82.7 cm³/mol. The first-order valence-electron chi connectivity index (χ1n) is 7.38. The summed E-state index contributed by atoms with van der Waals surface area (Å²) < 4.78 is 13.2. The lowest BCUT2D eigenvalue weighted by Crippen LogP contribution is -2.41. The Balaban J connectivity index is 2.05. The Morgan fingerprint density at radius 2 is 2.10 bits per heavy atom. The van der Waals surface area contributed by atoms with Gasteiger partial charge in [-0.25, -0.2) is 4.39 Å². The molecule has 0 spiro atoms. The van der Waals surface area contributed by atoms with Crippen molar-refractivity contribution in [2.45, 2.75) is 32.4 Å². The van der Waals surface area contributed by atoms with E-state index in [0.717, 1.165) is 18.5 Å². The van der Waals surface area contributed by atoms with Crippen LogP contribution in [0.4, 0.5) is 10.1 Å². The molecule has 21 heavy (non-hydrogen) atoms. The smallest absolute Gasteiger partial charge is 0.246 e. The zero-order chi connectivity index (χ0) is 15.6. The van der Waals surface area contributed by atoms with Gasteiger partial charge in [0.25, 0.3) is 0 Å². The minimum atomic E-state index is -0.393. The molecule has 4 nitrogen and oxygen atoms in total. The van der Waals surface area contributed by atoms with Crippen LogP contribution in [0.2, 0.25) is 0 Å². The van der Waals surface area contributed by atoms with Gasteiger partial charge in [0, 0.05) is 23.8 Å². The molecule has 2 N–H and O–H groups in total. The summed E-state index contributed by atoms with van der Waals surface area (Å²) in [4.78, 5) is 14.2. The first-order chi connectivity index (χ1) is 9.88. The average Bonchev–Trinajstić information content (AvgIpc) is 2.68. The summed E-state index contributed by atoms with van der Waals surface area (Å²) in [5, 5.41) is 6.04. The number of amides is 1. The van der Waals surface area contributed by atoms with Crippen LogP contribution < -0.4 is 10.6 Å². The number of benzene rings is 1. The maximum atomic E-state index is 13.2. The number of carbonyl (C=O) groups is 1. The summed E-state index contributed by atoms with van der Waals surface area (Å²) in [6.45, 7) is 5.10. The first-order valence-corrected chi connectivity index (χ1v) is 7.38. The number of carbonyl (C=O) groups excluding carboxylic acids is 1. The summed E-state index contributed by atoms with van der Waals surface area (Å²) in [6, 6.07) is 4.41. The highest BCUT2D eigenvalue weighted by molar-refractivity contribution is 6.02. The summed E-state index contributed by atoms with van der Waals surface area (Å²) in [5.74, 6) is 0.149. The fourth-order valence-electron chi connectivity index (χ4n) is 2.71. The molecule has 0 aliphatic carbocycles. The Morgan fingerprint density at radius 1 is 1.38 bits per heavy atom. The van der Waals surface area contributed by atoms with E-state index in [2.05, 4.69) is 29.4 Å². The predicted octanol–water partition coefficient (Wildman–Crippen LogP) is 2.38. The number of likely N-dealkylation sites (N-methyl/N-ethyl adjacent to an activating group) is 1. The van der Waals surface area contributed by atoms with E-state index in [1.54, 1.807) is 6.07 Å². The molecular weight excluding hydrogens is 269 g/mol. The minimum Gasteiger partial charge on any atom is -0.324 e. The molecule has 116 valence electrons. The van der Waals surface area contributed by atoms with Gasteiger partial charge in [0.1, 0.15) is 11.9 Å². The summed E-state index contributed by atoms with van der Waals surface area (Å²) in [6.07, 6.45) is 1.06. The van der Waals surface area contributed by atoms with Crippen LogP contribution in [0, 0.1) is 11.7 Å². The Labute approximate surface area is 125 Å². The van der Waals surface area contributed by atoms with E-state index in [9.17, 15) is 9.18 Å². The average molecular weight is 293 g/mol. The molecule has 1 aromatic rings. The van der Waals surface area contributed by atoms with Crippen LogP contribution in [-0.4, -0.2) is 37.5 Å². The number of hydrogen-bond donors (Lipinski definition) is 2. The number of rotatable bonds is 6. The summed E-state index contributed by atoms with van der Waals surface area (Å²) >= 11 is 0. The van der Waals surface area contributed by atoms with Gasteiger partial charge in [0.15, 0.2) is 0 Å². The fourth-order valence-corrected chi connectivity index (χ4v) is 2.71. The van der Waals surface area contributed by atoms with Gasteiger partial charge < -0.3 is 15.5 Å². The van der Waals surface area contributed by atoms with Crippen molar-refractivity contribution in [3.05, 3.63) is 29.6 Å². The molecule has 0 fully saturated rings. The summed E-state index contributed by atoms with van der Waals surface area (Å²) in [5.41, 5.74) is 1.39. The van der Waals surface area contributed by atoms with Gasteiger partial charge >= 0.3 is 0 Å². The normalized spacial score (nSPS) is 19.0. The number of anilines is 1. The maximum absolute atomic E-state index is 13.2. The van der Waals surface area contributed by atoms with E-state index in [0.29, 0.717) is 17.6 Å². The van der Waals surface area contributed by atoms with Crippen molar-refractivity contribution in [1.29, 1.82) is 0 Å². The van der Waals surface area contributed by atoms with Crippen molar-refractivity contribution in [3.63, 3.8) is 0 Å². The van der Waals surface area contributed by atoms with Crippen molar-refractivity contribution < 1.29 is 9.18 Å². The van der Waals surface area contributed by atoms with Gasteiger partial charge in [0.2, 0.25) is 5.91 Å². The van der Waals surface area contributed by atoms with Crippen molar-refractivity contribution >= 4 is 11.6 Å². The van der Waals surface area contributed by atoms with Crippen molar-refractivity contribution in [1.82, 2.24) is 10.2 Å². The van der Waals surface area contributed by atoms with Crippen molar-refractivity contribution in [2.24, 2.45) is 5.92 Å². The highest BCUT2D eigenvalue weighted by atomic mass is 19.1.